The largest absolute Gasteiger partial charge is 0.493 e. The number of hydrogen-bond acceptors (Lipinski definition) is 5. The number of ether oxygens (including phenoxy) is 3. The molecule has 0 aliphatic carbocycles. The predicted molar refractivity (Wildman–Crippen MR) is 132 cm³/mol. The number of nitrogens with one attached hydrogen (secondary N) is 1. The molecule has 2 N–H and O–H groups in total. The standard InChI is InChI=1S/C26H23Cl2NO6/c1-33-24(15-2-6-17(27)7-3-15)14-29-25(30)16-4-8-18(9-5-16)35-23-13-22-20(12-21(23)28)19(26(31)32)10-11-34-22/h2-9,12-13,19,24H,10-11,14H2,1H3,(H,29,30)(H,31,32). The molecule has 35 heavy (non-hydrogen) atoms. The Kier molecular flexibility index (Phi) is 7.80. The van der Waals surface area contributed by atoms with E-state index in [1.807, 2.05) is 12.1 Å². The van der Waals surface area contributed by atoms with Crippen LogP contribution in [0.2, 0.25) is 10.0 Å². The van der Waals surface area contributed by atoms with E-state index < -0.39 is 11.9 Å². The smallest absolute Gasteiger partial charge is 0.311 e. The second kappa shape index (κ2) is 11.0. The first kappa shape index (κ1) is 24.9. The molecule has 0 saturated heterocycles. The third kappa shape index (κ3) is 5.88. The van der Waals surface area contributed by atoms with Crippen molar-refractivity contribution < 1.29 is 28.9 Å². The van der Waals surface area contributed by atoms with Crippen molar-refractivity contribution in [1.29, 1.82) is 0 Å². The van der Waals surface area contributed by atoms with E-state index in [0.717, 1.165) is 5.56 Å². The molecule has 2 unspecified atom stereocenters. The number of hydrogen-bond donors (Lipinski definition) is 2. The zero-order valence-corrected chi connectivity index (χ0v) is 20.3. The highest BCUT2D eigenvalue weighted by atomic mass is 35.5. The van der Waals surface area contributed by atoms with Crippen LogP contribution in [-0.2, 0) is 9.53 Å². The Bertz CT molecular complexity index is 1210. The molecule has 1 aliphatic rings. The SMILES string of the molecule is COC(CNC(=O)c1ccc(Oc2cc3c(cc2Cl)C(C(=O)O)CCO3)cc1)c1ccc(Cl)cc1. The molecule has 0 fully saturated rings. The van der Waals surface area contributed by atoms with Gasteiger partial charge in [0.05, 0.1) is 23.7 Å². The van der Waals surface area contributed by atoms with Gasteiger partial charge in [-0.3, -0.25) is 9.59 Å². The summed E-state index contributed by atoms with van der Waals surface area (Å²) >= 11 is 12.3. The van der Waals surface area contributed by atoms with Crippen LogP contribution in [0.15, 0.2) is 60.7 Å². The Morgan fingerprint density at radius 2 is 1.83 bits per heavy atom. The maximum atomic E-state index is 12.6. The molecule has 2 atom stereocenters. The van der Waals surface area contributed by atoms with Crippen LogP contribution in [0.1, 0.15) is 39.9 Å². The molecule has 0 bridgehead atoms. The Hall–Kier alpha value is -3.26. The minimum absolute atomic E-state index is 0.257. The molecule has 3 aromatic carbocycles. The highest BCUT2D eigenvalue weighted by Crippen LogP contribution is 2.41. The lowest BCUT2D eigenvalue weighted by molar-refractivity contribution is -0.139. The molecule has 4 rings (SSSR count). The highest BCUT2D eigenvalue weighted by Gasteiger charge is 2.29. The molecule has 0 saturated carbocycles. The zero-order chi connectivity index (χ0) is 24.9. The summed E-state index contributed by atoms with van der Waals surface area (Å²) in [6.07, 6.45) is 0.0700. The number of halogens is 2. The maximum Gasteiger partial charge on any atom is 0.311 e. The van der Waals surface area contributed by atoms with E-state index in [-0.39, 0.29) is 23.6 Å². The third-order valence-corrected chi connectivity index (χ3v) is 6.27. The number of rotatable bonds is 8. The second-order valence-electron chi connectivity index (χ2n) is 7.96. The fourth-order valence-electron chi connectivity index (χ4n) is 3.83. The number of aliphatic carboxylic acids is 1. The molecule has 7 nitrogen and oxygen atoms in total. The predicted octanol–water partition coefficient (Wildman–Crippen LogP) is 5.85. The quantitative estimate of drug-likeness (QED) is 0.390. The van der Waals surface area contributed by atoms with Gasteiger partial charge >= 0.3 is 5.97 Å². The van der Waals surface area contributed by atoms with Crippen molar-refractivity contribution in [2.45, 2.75) is 18.4 Å². The summed E-state index contributed by atoms with van der Waals surface area (Å²) in [5.41, 5.74) is 1.88. The normalized spacial score (nSPS) is 15.5. The van der Waals surface area contributed by atoms with Gasteiger partial charge in [0.2, 0.25) is 0 Å². The first-order valence-corrected chi connectivity index (χ1v) is 11.6. The Morgan fingerprint density at radius 1 is 1.11 bits per heavy atom. The lowest BCUT2D eigenvalue weighted by Gasteiger charge is -2.24. The monoisotopic (exact) mass is 515 g/mol. The average Bonchev–Trinajstić information content (AvgIpc) is 2.85. The summed E-state index contributed by atoms with van der Waals surface area (Å²) in [6.45, 7) is 0.591. The Balaban J connectivity index is 1.40. The molecule has 1 amide bonds. The average molecular weight is 516 g/mol. The van der Waals surface area contributed by atoms with Gasteiger partial charge in [0.1, 0.15) is 17.2 Å². The molecule has 9 heteroatoms. The zero-order valence-electron chi connectivity index (χ0n) is 18.8. The molecule has 1 aliphatic heterocycles. The van der Waals surface area contributed by atoms with E-state index >= 15 is 0 Å². The van der Waals surface area contributed by atoms with Crippen molar-refractivity contribution in [2.75, 3.05) is 20.3 Å². The van der Waals surface area contributed by atoms with Gasteiger partial charge in [-0.15, -0.1) is 0 Å². The number of carboxylic acids is 1. The minimum atomic E-state index is -0.918. The van der Waals surface area contributed by atoms with Crippen molar-refractivity contribution in [3.63, 3.8) is 0 Å². The van der Waals surface area contributed by atoms with Crippen LogP contribution in [0.25, 0.3) is 0 Å². The molecule has 0 aromatic heterocycles. The van der Waals surface area contributed by atoms with E-state index in [1.54, 1.807) is 55.6 Å². The molecule has 182 valence electrons. The van der Waals surface area contributed by atoms with Gasteiger partial charge in [-0.2, -0.15) is 0 Å². The van der Waals surface area contributed by atoms with E-state index in [1.165, 1.54) is 0 Å². The van der Waals surface area contributed by atoms with Crippen LogP contribution in [0, 0.1) is 0 Å². The second-order valence-corrected chi connectivity index (χ2v) is 8.80. The number of carboxylic acid groups (broad SMARTS) is 1. The van der Waals surface area contributed by atoms with E-state index in [9.17, 15) is 14.7 Å². The van der Waals surface area contributed by atoms with Gasteiger partial charge in [-0.05, 0) is 54.4 Å². The fourth-order valence-corrected chi connectivity index (χ4v) is 4.16. The number of carbonyl (C=O) groups excluding carboxylic acids is 1. The van der Waals surface area contributed by atoms with Crippen LogP contribution >= 0.6 is 23.2 Å². The van der Waals surface area contributed by atoms with Gasteiger partial charge in [0.15, 0.2) is 0 Å². The Labute approximate surface area is 212 Å². The molecule has 3 aromatic rings. The highest BCUT2D eigenvalue weighted by molar-refractivity contribution is 6.32. The van der Waals surface area contributed by atoms with Gasteiger partial charge in [-0.1, -0.05) is 35.3 Å². The van der Waals surface area contributed by atoms with Crippen LogP contribution < -0.4 is 14.8 Å². The number of benzene rings is 3. The summed E-state index contributed by atoms with van der Waals surface area (Å²) < 4.78 is 17.0. The first-order valence-electron chi connectivity index (χ1n) is 10.9. The van der Waals surface area contributed by atoms with Crippen LogP contribution in [0.5, 0.6) is 17.2 Å². The van der Waals surface area contributed by atoms with E-state index in [2.05, 4.69) is 5.32 Å². The van der Waals surface area contributed by atoms with Gasteiger partial charge in [0, 0.05) is 35.9 Å². The van der Waals surface area contributed by atoms with Crippen LogP contribution in [0.3, 0.4) is 0 Å². The van der Waals surface area contributed by atoms with E-state index in [0.29, 0.717) is 46.4 Å². The van der Waals surface area contributed by atoms with Gasteiger partial charge in [-0.25, -0.2) is 0 Å². The Morgan fingerprint density at radius 3 is 2.49 bits per heavy atom. The fraction of sp³-hybridized carbons (Fsp3) is 0.231. The topological polar surface area (TPSA) is 94.1 Å². The number of methoxy groups -OCH3 is 1. The number of amides is 1. The summed E-state index contributed by atoms with van der Waals surface area (Å²) in [5, 5.41) is 13.2. The van der Waals surface area contributed by atoms with Gasteiger partial charge in [0.25, 0.3) is 5.91 Å². The van der Waals surface area contributed by atoms with Crippen molar-refractivity contribution in [3.05, 3.63) is 87.4 Å². The summed E-state index contributed by atoms with van der Waals surface area (Å²) in [5.74, 6) is -0.608. The van der Waals surface area contributed by atoms with Crippen molar-refractivity contribution in [1.82, 2.24) is 5.32 Å². The van der Waals surface area contributed by atoms with Crippen molar-refractivity contribution in [3.8, 4) is 17.2 Å². The van der Waals surface area contributed by atoms with Crippen LogP contribution in [0.4, 0.5) is 0 Å². The third-order valence-electron chi connectivity index (χ3n) is 5.72. The van der Waals surface area contributed by atoms with Crippen molar-refractivity contribution >= 4 is 35.1 Å². The van der Waals surface area contributed by atoms with Crippen molar-refractivity contribution in [2.24, 2.45) is 0 Å². The molecule has 0 radical (unpaired) electrons. The minimum Gasteiger partial charge on any atom is -0.493 e. The lowest BCUT2D eigenvalue weighted by Crippen LogP contribution is -2.29. The maximum absolute atomic E-state index is 12.6. The van der Waals surface area contributed by atoms with Crippen LogP contribution in [-0.4, -0.2) is 37.2 Å². The number of fused-ring (bicyclic) bond motifs is 1. The summed E-state index contributed by atoms with van der Waals surface area (Å²) in [7, 11) is 1.58. The first-order chi connectivity index (χ1) is 16.9. The van der Waals surface area contributed by atoms with E-state index in [4.69, 9.17) is 37.4 Å². The molecular weight excluding hydrogens is 493 g/mol. The summed E-state index contributed by atoms with van der Waals surface area (Å²) in [6, 6.07) is 17.0. The summed E-state index contributed by atoms with van der Waals surface area (Å²) in [4.78, 5) is 24.1. The molecule has 1 heterocycles. The molecular formula is C26H23Cl2NO6. The van der Waals surface area contributed by atoms with Gasteiger partial charge < -0.3 is 24.6 Å². The number of carbonyl (C=O) groups is 2. The molecule has 0 spiro atoms. The lowest BCUT2D eigenvalue weighted by atomic mass is 9.93.